The van der Waals surface area contributed by atoms with Crippen LogP contribution in [-0.2, 0) is 4.74 Å². The fraction of sp³-hybridized carbons (Fsp3) is 0.588. The van der Waals surface area contributed by atoms with Crippen LogP contribution in [0.25, 0.3) is 0 Å². The van der Waals surface area contributed by atoms with Gasteiger partial charge in [-0.1, -0.05) is 12.1 Å². The van der Waals surface area contributed by atoms with E-state index in [9.17, 15) is 4.79 Å². The van der Waals surface area contributed by atoms with E-state index in [1.165, 1.54) is 18.4 Å². The number of nitrogens with two attached hydrogens (primary N) is 1. The van der Waals surface area contributed by atoms with Crippen LogP contribution in [0.4, 0.5) is 0 Å². The van der Waals surface area contributed by atoms with Gasteiger partial charge in [0.2, 0.25) is 0 Å². The summed E-state index contributed by atoms with van der Waals surface area (Å²) in [4.78, 5) is 14.2. The fourth-order valence-corrected chi connectivity index (χ4v) is 3.26. The van der Waals surface area contributed by atoms with E-state index >= 15 is 0 Å². The molecule has 4 heteroatoms. The number of rotatable bonds is 4. The van der Waals surface area contributed by atoms with Crippen molar-refractivity contribution in [3.8, 4) is 0 Å². The summed E-state index contributed by atoms with van der Waals surface area (Å²) in [7, 11) is 0. The van der Waals surface area contributed by atoms with E-state index < -0.39 is 0 Å². The zero-order valence-electron chi connectivity index (χ0n) is 12.6. The van der Waals surface area contributed by atoms with Crippen molar-refractivity contribution in [2.45, 2.75) is 44.2 Å². The monoisotopic (exact) mass is 288 g/mol. The molecule has 0 spiro atoms. The first kappa shape index (κ1) is 14.5. The number of benzene rings is 1. The minimum Gasteiger partial charge on any atom is -0.462 e. The quantitative estimate of drug-likeness (QED) is 0.863. The number of likely N-dealkylation sites (tertiary alicyclic amines) is 1. The second kappa shape index (κ2) is 6.16. The Balaban J connectivity index is 1.69. The molecule has 1 aliphatic heterocycles. The van der Waals surface area contributed by atoms with Crippen molar-refractivity contribution in [1.82, 2.24) is 4.90 Å². The molecule has 1 saturated carbocycles. The number of ether oxygens (including phenoxy) is 1. The van der Waals surface area contributed by atoms with Crippen LogP contribution in [-0.4, -0.2) is 42.6 Å². The van der Waals surface area contributed by atoms with Gasteiger partial charge in [0, 0.05) is 25.2 Å². The second-order valence-electron chi connectivity index (χ2n) is 6.22. The van der Waals surface area contributed by atoms with Crippen molar-refractivity contribution < 1.29 is 9.53 Å². The van der Waals surface area contributed by atoms with E-state index in [-0.39, 0.29) is 12.0 Å². The summed E-state index contributed by atoms with van der Waals surface area (Å²) < 4.78 is 5.02. The topological polar surface area (TPSA) is 55.6 Å². The lowest BCUT2D eigenvalue weighted by molar-refractivity contribution is 0.0526. The number of esters is 1. The maximum atomic E-state index is 11.7. The minimum atomic E-state index is -0.246. The standard InChI is InChI=1S/C17H24N2O2/c1-2-21-17(20)13-5-3-12(4-6-13)14-9-15(18)11-19(10-14)16-7-8-16/h3-6,14-16H,2,7-11,18H2,1H3/t14-,15+/m0/s1. The predicted molar refractivity (Wildman–Crippen MR) is 82.3 cm³/mol. The zero-order valence-corrected chi connectivity index (χ0v) is 12.6. The largest absolute Gasteiger partial charge is 0.462 e. The molecule has 2 N–H and O–H groups in total. The van der Waals surface area contributed by atoms with Crippen molar-refractivity contribution in [3.63, 3.8) is 0 Å². The van der Waals surface area contributed by atoms with Gasteiger partial charge in [-0.15, -0.1) is 0 Å². The SMILES string of the molecule is CCOC(=O)c1ccc([C@H]2C[C@@H](N)CN(C3CC3)C2)cc1. The van der Waals surface area contributed by atoms with Gasteiger partial charge in [0.05, 0.1) is 12.2 Å². The van der Waals surface area contributed by atoms with Crippen LogP contribution in [0.1, 0.15) is 48.0 Å². The predicted octanol–water partition coefficient (Wildman–Crippen LogP) is 2.14. The van der Waals surface area contributed by atoms with Gasteiger partial charge in [-0.05, 0) is 49.8 Å². The van der Waals surface area contributed by atoms with Crippen LogP contribution in [0.15, 0.2) is 24.3 Å². The maximum absolute atomic E-state index is 11.7. The minimum absolute atomic E-state index is 0.246. The molecule has 0 unspecified atom stereocenters. The van der Waals surface area contributed by atoms with Gasteiger partial charge in [-0.25, -0.2) is 4.79 Å². The average Bonchev–Trinajstić information content (AvgIpc) is 3.32. The normalized spacial score (nSPS) is 26.6. The molecule has 0 aromatic heterocycles. The number of hydrogen-bond acceptors (Lipinski definition) is 4. The van der Waals surface area contributed by atoms with E-state index in [1.54, 1.807) is 0 Å². The van der Waals surface area contributed by atoms with E-state index in [2.05, 4.69) is 17.0 Å². The summed E-state index contributed by atoms with van der Waals surface area (Å²) in [6.45, 7) is 4.36. The number of nitrogens with zero attached hydrogens (tertiary/aromatic N) is 1. The molecule has 2 aliphatic rings. The lowest BCUT2D eigenvalue weighted by atomic mass is 9.88. The Morgan fingerprint density at radius 2 is 2.00 bits per heavy atom. The van der Waals surface area contributed by atoms with Crippen LogP contribution in [0.5, 0.6) is 0 Å². The highest BCUT2D eigenvalue weighted by molar-refractivity contribution is 5.89. The molecule has 0 radical (unpaired) electrons. The van der Waals surface area contributed by atoms with E-state index in [4.69, 9.17) is 10.5 Å². The fourth-order valence-electron chi connectivity index (χ4n) is 3.26. The molecule has 114 valence electrons. The van der Waals surface area contributed by atoms with Gasteiger partial charge >= 0.3 is 5.97 Å². The lowest BCUT2D eigenvalue weighted by Crippen LogP contribution is -2.47. The maximum Gasteiger partial charge on any atom is 0.338 e. The lowest BCUT2D eigenvalue weighted by Gasteiger charge is -2.36. The van der Waals surface area contributed by atoms with Gasteiger partial charge in [-0.3, -0.25) is 4.90 Å². The Hall–Kier alpha value is -1.39. The first-order valence-electron chi connectivity index (χ1n) is 7.94. The molecule has 1 saturated heterocycles. The third-order valence-corrected chi connectivity index (χ3v) is 4.47. The molecule has 1 aliphatic carbocycles. The molecule has 1 aromatic carbocycles. The highest BCUT2D eigenvalue weighted by atomic mass is 16.5. The molecule has 21 heavy (non-hydrogen) atoms. The van der Waals surface area contributed by atoms with E-state index in [0.717, 1.165) is 25.6 Å². The van der Waals surface area contributed by atoms with Crippen molar-refractivity contribution in [2.24, 2.45) is 5.73 Å². The number of carbonyl (C=O) groups is 1. The Morgan fingerprint density at radius 1 is 1.29 bits per heavy atom. The van der Waals surface area contributed by atoms with Gasteiger partial charge in [0.1, 0.15) is 0 Å². The molecular formula is C17H24N2O2. The zero-order chi connectivity index (χ0) is 14.8. The first-order valence-corrected chi connectivity index (χ1v) is 7.94. The van der Waals surface area contributed by atoms with Crippen molar-refractivity contribution in [3.05, 3.63) is 35.4 Å². The summed E-state index contributed by atoms with van der Waals surface area (Å²) in [6, 6.07) is 8.87. The molecule has 2 atom stereocenters. The summed E-state index contributed by atoms with van der Waals surface area (Å²) in [6.07, 6.45) is 3.67. The smallest absolute Gasteiger partial charge is 0.338 e. The molecular weight excluding hydrogens is 264 g/mol. The van der Waals surface area contributed by atoms with E-state index in [1.807, 2.05) is 19.1 Å². The molecule has 3 rings (SSSR count). The van der Waals surface area contributed by atoms with Gasteiger partial charge < -0.3 is 10.5 Å². The Labute approximate surface area is 126 Å². The number of piperidine rings is 1. The Bertz CT molecular complexity index is 496. The molecule has 1 aromatic rings. The molecule has 1 heterocycles. The van der Waals surface area contributed by atoms with Crippen LogP contribution in [0.2, 0.25) is 0 Å². The Morgan fingerprint density at radius 3 is 2.62 bits per heavy atom. The van der Waals surface area contributed by atoms with Crippen LogP contribution in [0, 0.1) is 0 Å². The summed E-state index contributed by atoms with van der Waals surface area (Å²) >= 11 is 0. The van der Waals surface area contributed by atoms with Crippen LogP contribution < -0.4 is 5.73 Å². The first-order chi connectivity index (χ1) is 10.2. The number of hydrogen-bond donors (Lipinski definition) is 1. The summed E-state index contributed by atoms with van der Waals surface area (Å²) in [5, 5.41) is 0. The van der Waals surface area contributed by atoms with Gasteiger partial charge in [-0.2, -0.15) is 0 Å². The molecule has 4 nitrogen and oxygen atoms in total. The number of carbonyl (C=O) groups excluding carboxylic acids is 1. The van der Waals surface area contributed by atoms with Crippen molar-refractivity contribution in [2.75, 3.05) is 19.7 Å². The summed E-state index contributed by atoms with van der Waals surface area (Å²) in [5.74, 6) is 0.231. The molecule has 0 amide bonds. The van der Waals surface area contributed by atoms with Gasteiger partial charge in [0.15, 0.2) is 0 Å². The second-order valence-corrected chi connectivity index (χ2v) is 6.22. The van der Waals surface area contributed by atoms with Crippen molar-refractivity contribution >= 4 is 5.97 Å². The van der Waals surface area contributed by atoms with E-state index in [0.29, 0.717) is 18.1 Å². The molecule has 2 fully saturated rings. The van der Waals surface area contributed by atoms with Gasteiger partial charge in [0.25, 0.3) is 0 Å². The average molecular weight is 288 g/mol. The third kappa shape index (κ3) is 3.44. The van der Waals surface area contributed by atoms with Crippen LogP contribution in [0.3, 0.4) is 0 Å². The highest BCUT2D eigenvalue weighted by Crippen LogP contribution is 2.34. The van der Waals surface area contributed by atoms with Crippen LogP contribution >= 0.6 is 0 Å². The Kier molecular flexibility index (Phi) is 4.27. The summed E-state index contributed by atoms with van der Waals surface area (Å²) in [5.41, 5.74) is 8.13. The molecule has 0 bridgehead atoms. The third-order valence-electron chi connectivity index (χ3n) is 4.47. The van der Waals surface area contributed by atoms with Crippen molar-refractivity contribution in [1.29, 1.82) is 0 Å². The highest BCUT2D eigenvalue weighted by Gasteiger charge is 2.35.